The van der Waals surface area contributed by atoms with Crippen molar-refractivity contribution in [2.45, 2.75) is 18.4 Å². The Morgan fingerprint density at radius 1 is 1.52 bits per heavy atom. The van der Waals surface area contributed by atoms with Crippen LogP contribution in [0.2, 0.25) is 0 Å². The van der Waals surface area contributed by atoms with Gasteiger partial charge in [0.15, 0.2) is 11.5 Å². The zero-order chi connectivity index (χ0) is 15.5. The summed E-state index contributed by atoms with van der Waals surface area (Å²) >= 11 is 0. The van der Waals surface area contributed by atoms with Crippen molar-refractivity contribution >= 4 is 5.69 Å². The highest BCUT2D eigenvalue weighted by atomic mass is 16.6. The molecule has 0 radical (unpaired) electrons. The van der Waals surface area contributed by atoms with Crippen LogP contribution < -0.4 is 14.8 Å². The van der Waals surface area contributed by atoms with Crippen molar-refractivity contribution in [3.8, 4) is 17.6 Å². The van der Waals surface area contributed by atoms with Gasteiger partial charge in [0, 0.05) is 6.07 Å². The first-order valence-electron chi connectivity index (χ1n) is 6.61. The van der Waals surface area contributed by atoms with E-state index in [9.17, 15) is 15.4 Å². The Labute approximate surface area is 122 Å². The van der Waals surface area contributed by atoms with Gasteiger partial charge in [0.05, 0.1) is 24.2 Å². The van der Waals surface area contributed by atoms with E-state index in [-0.39, 0.29) is 24.0 Å². The van der Waals surface area contributed by atoms with Gasteiger partial charge in [-0.3, -0.25) is 15.4 Å². The fraction of sp³-hybridized carbons (Fsp3) is 0.500. The van der Waals surface area contributed by atoms with E-state index in [0.717, 1.165) is 12.8 Å². The zero-order valence-electron chi connectivity index (χ0n) is 12.0. The van der Waals surface area contributed by atoms with Crippen LogP contribution in [0.1, 0.15) is 12.8 Å². The van der Waals surface area contributed by atoms with Crippen LogP contribution in [0.4, 0.5) is 5.69 Å². The maximum atomic E-state index is 10.8. The third-order valence-corrected chi connectivity index (χ3v) is 3.73. The molecule has 0 heterocycles. The summed E-state index contributed by atoms with van der Waals surface area (Å²) in [6.07, 6.45) is 1.95. The van der Waals surface area contributed by atoms with E-state index in [0.29, 0.717) is 5.75 Å². The van der Waals surface area contributed by atoms with Crippen molar-refractivity contribution in [3.05, 3.63) is 28.3 Å². The molecule has 112 valence electrons. The largest absolute Gasteiger partial charge is 0.493 e. The monoisotopic (exact) mass is 291 g/mol. The highest BCUT2D eigenvalue weighted by molar-refractivity contribution is 5.48. The van der Waals surface area contributed by atoms with Gasteiger partial charge in [-0.1, -0.05) is 0 Å². The van der Waals surface area contributed by atoms with Crippen molar-refractivity contribution in [3.63, 3.8) is 0 Å². The first-order valence-corrected chi connectivity index (χ1v) is 6.61. The van der Waals surface area contributed by atoms with Crippen molar-refractivity contribution < 1.29 is 14.4 Å². The highest BCUT2D eigenvalue weighted by Gasteiger charge is 2.45. The first-order chi connectivity index (χ1) is 10.1. The van der Waals surface area contributed by atoms with E-state index in [4.69, 9.17) is 9.47 Å². The topological polar surface area (TPSA) is 97.4 Å². The number of hydrogen-bond donors (Lipinski definition) is 1. The summed E-state index contributed by atoms with van der Waals surface area (Å²) in [4.78, 5) is 10.3. The van der Waals surface area contributed by atoms with Crippen LogP contribution in [0.3, 0.4) is 0 Å². The summed E-state index contributed by atoms with van der Waals surface area (Å²) in [5.41, 5.74) is -0.848. The van der Waals surface area contributed by atoms with E-state index in [1.165, 1.54) is 25.3 Å². The number of methoxy groups -OCH3 is 1. The number of rotatable bonds is 7. The summed E-state index contributed by atoms with van der Waals surface area (Å²) in [6, 6.07) is 6.40. The maximum absolute atomic E-state index is 10.8. The van der Waals surface area contributed by atoms with Crippen molar-refractivity contribution in [2.75, 3.05) is 20.8 Å². The van der Waals surface area contributed by atoms with Gasteiger partial charge in [0.2, 0.25) is 0 Å². The minimum atomic E-state index is -0.768. The Kier molecular flexibility index (Phi) is 4.29. The molecule has 0 amide bonds. The number of likely N-dealkylation sites (N-methyl/N-ethyl adjacent to an activating group) is 1. The molecule has 1 N–H and O–H groups in total. The van der Waals surface area contributed by atoms with Crippen LogP contribution in [0.25, 0.3) is 0 Å². The average molecular weight is 291 g/mol. The Balaban J connectivity index is 2.20. The second-order valence-electron chi connectivity index (χ2n) is 4.99. The molecule has 7 heteroatoms. The normalized spacial score (nSPS) is 16.6. The standard InChI is InChI=1S/C14H17N3O4/c1-16-14(8-15,10-3-4-10)9-21-13-7-11(17(18)19)5-6-12(13)20-2/h5-7,10,16H,3-4,9H2,1-2H3. The molecule has 1 unspecified atom stereocenters. The molecule has 0 aromatic heterocycles. The fourth-order valence-electron chi connectivity index (χ4n) is 2.23. The molecular weight excluding hydrogens is 274 g/mol. The maximum Gasteiger partial charge on any atom is 0.273 e. The van der Waals surface area contributed by atoms with Crippen LogP contribution in [-0.4, -0.2) is 31.2 Å². The Morgan fingerprint density at radius 2 is 2.24 bits per heavy atom. The second kappa shape index (κ2) is 5.97. The van der Waals surface area contributed by atoms with Gasteiger partial charge >= 0.3 is 0 Å². The molecule has 0 saturated heterocycles. The van der Waals surface area contributed by atoms with Gasteiger partial charge in [-0.15, -0.1) is 0 Å². The lowest BCUT2D eigenvalue weighted by Gasteiger charge is -2.26. The fourth-order valence-corrected chi connectivity index (χ4v) is 2.23. The number of hydrogen-bond acceptors (Lipinski definition) is 6. The van der Waals surface area contributed by atoms with E-state index < -0.39 is 10.5 Å². The van der Waals surface area contributed by atoms with Crippen molar-refractivity contribution in [2.24, 2.45) is 5.92 Å². The highest BCUT2D eigenvalue weighted by Crippen LogP contribution is 2.40. The van der Waals surface area contributed by atoms with Gasteiger partial charge in [-0.05, 0) is 31.9 Å². The van der Waals surface area contributed by atoms with E-state index in [1.54, 1.807) is 7.05 Å². The van der Waals surface area contributed by atoms with Gasteiger partial charge in [0.25, 0.3) is 5.69 Å². The second-order valence-corrected chi connectivity index (χ2v) is 4.99. The third-order valence-electron chi connectivity index (χ3n) is 3.73. The smallest absolute Gasteiger partial charge is 0.273 e. The third kappa shape index (κ3) is 3.06. The number of nitro groups is 1. The molecule has 0 spiro atoms. The molecule has 1 aromatic carbocycles. The molecule has 1 aromatic rings. The van der Waals surface area contributed by atoms with Gasteiger partial charge in [-0.25, -0.2) is 0 Å². The molecule has 7 nitrogen and oxygen atoms in total. The average Bonchev–Trinajstić information content (AvgIpc) is 3.34. The Morgan fingerprint density at radius 3 is 2.71 bits per heavy atom. The lowest BCUT2D eigenvalue weighted by molar-refractivity contribution is -0.385. The lowest BCUT2D eigenvalue weighted by Crippen LogP contribution is -2.49. The molecule has 1 fully saturated rings. The van der Waals surface area contributed by atoms with E-state index in [1.807, 2.05) is 0 Å². The summed E-state index contributed by atoms with van der Waals surface area (Å²) in [7, 11) is 3.18. The predicted molar refractivity (Wildman–Crippen MR) is 75.3 cm³/mol. The lowest BCUT2D eigenvalue weighted by atomic mass is 9.96. The first kappa shape index (κ1) is 15.1. The number of nitriles is 1. The van der Waals surface area contributed by atoms with Crippen LogP contribution in [0.5, 0.6) is 11.5 Å². The molecule has 1 atom stereocenters. The van der Waals surface area contributed by atoms with Crippen LogP contribution in [0, 0.1) is 27.4 Å². The molecule has 1 saturated carbocycles. The summed E-state index contributed by atoms with van der Waals surface area (Å²) in [5, 5.41) is 23.2. The number of benzene rings is 1. The number of nitrogens with zero attached hydrogens (tertiary/aromatic N) is 2. The number of nitro benzene ring substituents is 1. The number of nitrogens with one attached hydrogen (secondary N) is 1. The molecule has 21 heavy (non-hydrogen) atoms. The summed E-state index contributed by atoms with van der Waals surface area (Å²) in [6.45, 7) is 0.113. The Bertz CT molecular complexity index is 580. The van der Waals surface area contributed by atoms with Crippen LogP contribution in [-0.2, 0) is 0 Å². The van der Waals surface area contributed by atoms with Crippen LogP contribution in [0.15, 0.2) is 18.2 Å². The van der Waals surface area contributed by atoms with Crippen LogP contribution >= 0.6 is 0 Å². The van der Waals surface area contributed by atoms with E-state index in [2.05, 4.69) is 11.4 Å². The summed E-state index contributed by atoms with van der Waals surface area (Å²) in [5.74, 6) is 0.916. The SMILES string of the molecule is CNC(C#N)(COc1cc([N+](=O)[O-])ccc1OC)C1CC1. The summed E-state index contributed by atoms with van der Waals surface area (Å²) < 4.78 is 10.8. The number of ether oxygens (including phenoxy) is 2. The van der Waals surface area contributed by atoms with Gasteiger partial charge < -0.3 is 9.47 Å². The molecule has 0 bridgehead atoms. The minimum absolute atomic E-state index is 0.0794. The predicted octanol–water partition coefficient (Wildman–Crippen LogP) is 1.87. The molecule has 1 aliphatic rings. The Hall–Kier alpha value is -2.33. The van der Waals surface area contributed by atoms with E-state index >= 15 is 0 Å². The minimum Gasteiger partial charge on any atom is -0.493 e. The van der Waals surface area contributed by atoms with Crippen molar-refractivity contribution in [1.82, 2.24) is 5.32 Å². The van der Waals surface area contributed by atoms with Gasteiger partial charge in [-0.2, -0.15) is 5.26 Å². The molecule has 2 rings (SSSR count). The molecule has 0 aliphatic heterocycles. The molecular formula is C14H17N3O4. The quantitative estimate of drug-likeness (QED) is 0.608. The van der Waals surface area contributed by atoms with Crippen molar-refractivity contribution in [1.29, 1.82) is 5.26 Å². The van der Waals surface area contributed by atoms with Gasteiger partial charge in [0.1, 0.15) is 12.1 Å². The zero-order valence-corrected chi connectivity index (χ0v) is 12.0. The molecule has 1 aliphatic carbocycles. The number of non-ortho nitro benzene ring substituents is 1.